The van der Waals surface area contributed by atoms with Crippen molar-refractivity contribution < 1.29 is 4.74 Å². The Bertz CT molecular complexity index is 670. The first kappa shape index (κ1) is 15.5. The average Bonchev–Trinajstić information content (AvgIpc) is 2.40. The number of nitrogens with two attached hydrogens (primary N) is 1. The average molecular weight is 325 g/mol. The van der Waals surface area contributed by atoms with Crippen LogP contribution in [0.25, 0.3) is 0 Å². The van der Waals surface area contributed by atoms with Crippen LogP contribution in [0.1, 0.15) is 31.2 Å². The maximum atomic E-state index is 7.64. The van der Waals surface area contributed by atoms with Gasteiger partial charge in [0.25, 0.3) is 0 Å². The van der Waals surface area contributed by atoms with E-state index in [4.69, 9.17) is 39.1 Å². The molecule has 0 aliphatic rings. The van der Waals surface area contributed by atoms with Crippen LogP contribution in [0.15, 0.2) is 24.5 Å². The third kappa shape index (κ3) is 3.43. The Kier molecular flexibility index (Phi) is 4.65. The molecule has 0 aromatic carbocycles. The van der Waals surface area contributed by atoms with Crippen LogP contribution in [-0.2, 0) is 0 Å². The highest BCUT2D eigenvalue weighted by Gasteiger charge is 2.17. The lowest BCUT2D eigenvalue weighted by molar-refractivity contribution is 0.217. The second-order valence-electron chi connectivity index (χ2n) is 4.49. The van der Waals surface area contributed by atoms with Crippen LogP contribution in [0.2, 0.25) is 10.0 Å². The highest BCUT2D eigenvalue weighted by Crippen LogP contribution is 2.32. The van der Waals surface area contributed by atoms with Crippen LogP contribution in [0.5, 0.6) is 5.88 Å². The minimum Gasteiger partial charge on any atom is -0.470 e. The Balaban J connectivity index is 2.30. The molecule has 110 valence electrons. The van der Waals surface area contributed by atoms with Gasteiger partial charge in [0.15, 0.2) is 0 Å². The number of aromatic nitrogens is 2. The Morgan fingerprint density at radius 3 is 2.48 bits per heavy atom. The summed E-state index contributed by atoms with van der Waals surface area (Å²) in [6, 6.07) is 3.29. The van der Waals surface area contributed by atoms with Crippen molar-refractivity contribution in [1.29, 1.82) is 5.41 Å². The largest absolute Gasteiger partial charge is 0.470 e. The minimum atomic E-state index is -0.414. The molecule has 3 N–H and O–H groups in total. The number of nitrogens with zero attached hydrogens (tertiary/aromatic N) is 2. The second-order valence-corrected chi connectivity index (χ2v) is 5.30. The zero-order chi connectivity index (χ0) is 15.6. The predicted octanol–water partition coefficient (Wildman–Crippen LogP) is 3.89. The van der Waals surface area contributed by atoms with Crippen molar-refractivity contribution in [2.24, 2.45) is 0 Å². The van der Waals surface area contributed by atoms with E-state index in [-0.39, 0.29) is 5.71 Å². The first-order chi connectivity index (χ1) is 9.90. The van der Waals surface area contributed by atoms with Gasteiger partial charge in [0.05, 0.1) is 21.4 Å². The molecule has 2 aromatic rings. The number of hydrogen-bond donors (Lipinski definition) is 2. The van der Waals surface area contributed by atoms with Gasteiger partial charge in [0.2, 0.25) is 5.88 Å². The van der Waals surface area contributed by atoms with E-state index in [9.17, 15) is 0 Å². The molecule has 2 aromatic heterocycles. The lowest BCUT2D eigenvalue weighted by Gasteiger charge is -2.17. The topological polar surface area (TPSA) is 84.9 Å². The molecule has 5 nitrogen and oxygen atoms in total. The number of rotatable bonds is 4. The Morgan fingerprint density at radius 1 is 1.29 bits per heavy atom. The first-order valence-corrected chi connectivity index (χ1v) is 6.93. The van der Waals surface area contributed by atoms with Crippen LogP contribution in [-0.4, -0.2) is 15.7 Å². The van der Waals surface area contributed by atoms with E-state index in [0.29, 0.717) is 32.9 Å². The number of hydrogen-bond acceptors (Lipinski definition) is 5. The Morgan fingerprint density at radius 2 is 1.90 bits per heavy atom. The van der Waals surface area contributed by atoms with E-state index >= 15 is 0 Å². The number of halogens is 2. The normalized spacial score (nSPS) is 12.0. The summed E-state index contributed by atoms with van der Waals surface area (Å²) >= 11 is 12.2. The second kappa shape index (κ2) is 6.28. The van der Waals surface area contributed by atoms with Crippen molar-refractivity contribution in [1.82, 2.24) is 9.97 Å². The molecule has 0 saturated carbocycles. The van der Waals surface area contributed by atoms with Crippen molar-refractivity contribution in [3.05, 3.63) is 45.8 Å². The molecule has 0 fully saturated rings. The summed E-state index contributed by atoms with van der Waals surface area (Å²) in [5.74, 6) is 0.349. The zero-order valence-corrected chi connectivity index (χ0v) is 13.0. The summed E-state index contributed by atoms with van der Waals surface area (Å²) in [5, 5.41) is 8.49. The standard InChI is InChI=1S/C14H14Cl2N4O/c1-7(17)14-11(18)3-4-12(20-14)21-8(2)13-9(15)5-19-6-10(13)16/h3-6,8,17H,18H2,1-2H3/t8-/m1/s1. The summed E-state index contributed by atoms with van der Waals surface area (Å²) in [6.07, 6.45) is 2.60. The van der Waals surface area contributed by atoms with Gasteiger partial charge in [-0.05, 0) is 19.9 Å². The molecule has 0 amide bonds. The van der Waals surface area contributed by atoms with Crippen LogP contribution >= 0.6 is 23.2 Å². The van der Waals surface area contributed by atoms with E-state index in [1.54, 1.807) is 19.1 Å². The fourth-order valence-corrected chi connectivity index (χ4v) is 2.54. The fourth-order valence-electron chi connectivity index (χ4n) is 1.87. The molecule has 21 heavy (non-hydrogen) atoms. The van der Waals surface area contributed by atoms with Crippen molar-refractivity contribution >= 4 is 34.6 Å². The molecule has 0 spiro atoms. The number of pyridine rings is 2. The molecule has 1 atom stereocenters. The Hall–Kier alpha value is -1.85. The summed E-state index contributed by atoms with van der Waals surface area (Å²) < 4.78 is 5.75. The van der Waals surface area contributed by atoms with Crippen LogP contribution in [0.4, 0.5) is 5.69 Å². The molecule has 0 aliphatic heterocycles. The molecule has 2 rings (SSSR count). The molecular weight excluding hydrogens is 311 g/mol. The van der Waals surface area contributed by atoms with Crippen molar-refractivity contribution in [3.8, 4) is 5.88 Å². The molecule has 0 bridgehead atoms. The number of nitrogen functional groups attached to an aromatic ring is 1. The van der Waals surface area contributed by atoms with Gasteiger partial charge in [-0.25, -0.2) is 4.98 Å². The molecule has 7 heteroatoms. The van der Waals surface area contributed by atoms with Gasteiger partial charge in [-0.15, -0.1) is 0 Å². The van der Waals surface area contributed by atoms with E-state index < -0.39 is 6.10 Å². The molecule has 0 saturated heterocycles. The number of anilines is 1. The van der Waals surface area contributed by atoms with Gasteiger partial charge in [-0.1, -0.05) is 23.2 Å². The highest BCUT2D eigenvalue weighted by molar-refractivity contribution is 6.35. The summed E-state index contributed by atoms with van der Waals surface area (Å²) in [5.41, 5.74) is 7.51. The summed E-state index contributed by atoms with van der Waals surface area (Å²) in [6.45, 7) is 3.42. The summed E-state index contributed by atoms with van der Waals surface area (Å²) in [7, 11) is 0. The molecule has 0 unspecified atom stereocenters. The number of ether oxygens (including phenoxy) is 1. The van der Waals surface area contributed by atoms with Gasteiger partial charge in [0, 0.05) is 24.0 Å². The minimum absolute atomic E-state index is 0.269. The van der Waals surface area contributed by atoms with Crippen molar-refractivity contribution in [2.45, 2.75) is 20.0 Å². The fraction of sp³-hybridized carbons (Fsp3) is 0.214. The Labute approximate surface area is 132 Å². The van der Waals surface area contributed by atoms with Gasteiger partial charge in [-0.3, -0.25) is 4.98 Å². The van der Waals surface area contributed by atoms with Crippen LogP contribution in [0, 0.1) is 5.41 Å². The van der Waals surface area contributed by atoms with E-state index in [2.05, 4.69) is 9.97 Å². The van der Waals surface area contributed by atoms with Crippen molar-refractivity contribution in [3.63, 3.8) is 0 Å². The summed E-state index contributed by atoms with van der Waals surface area (Å²) in [4.78, 5) is 8.13. The van der Waals surface area contributed by atoms with E-state index in [0.717, 1.165) is 0 Å². The van der Waals surface area contributed by atoms with Crippen molar-refractivity contribution in [2.75, 3.05) is 5.73 Å². The first-order valence-electron chi connectivity index (χ1n) is 6.17. The molecular formula is C14H14Cl2N4O. The zero-order valence-electron chi connectivity index (χ0n) is 11.5. The maximum absolute atomic E-state index is 7.64. The molecule has 0 aliphatic carbocycles. The SMILES string of the molecule is CC(=N)c1nc(O[C@H](C)c2c(Cl)cncc2Cl)ccc1N. The van der Waals surface area contributed by atoms with Gasteiger partial charge < -0.3 is 15.9 Å². The smallest absolute Gasteiger partial charge is 0.214 e. The van der Waals surface area contributed by atoms with Gasteiger partial charge in [-0.2, -0.15) is 0 Å². The van der Waals surface area contributed by atoms with Crippen LogP contribution in [0.3, 0.4) is 0 Å². The maximum Gasteiger partial charge on any atom is 0.214 e. The third-order valence-corrected chi connectivity index (χ3v) is 3.45. The van der Waals surface area contributed by atoms with Gasteiger partial charge >= 0.3 is 0 Å². The third-order valence-electron chi connectivity index (χ3n) is 2.85. The lowest BCUT2D eigenvalue weighted by atomic mass is 10.1. The van der Waals surface area contributed by atoms with Crippen LogP contribution < -0.4 is 10.5 Å². The van der Waals surface area contributed by atoms with E-state index in [1.807, 2.05) is 6.92 Å². The lowest BCUT2D eigenvalue weighted by Crippen LogP contribution is -2.09. The predicted molar refractivity (Wildman–Crippen MR) is 84.5 cm³/mol. The quantitative estimate of drug-likeness (QED) is 0.835. The highest BCUT2D eigenvalue weighted by atomic mass is 35.5. The van der Waals surface area contributed by atoms with Gasteiger partial charge in [0.1, 0.15) is 11.8 Å². The molecule has 2 heterocycles. The van der Waals surface area contributed by atoms with E-state index in [1.165, 1.54) is 12.4 Å². The monoisotopic (exact) mass is 324 g/mol. The molecule has 0 radical (unpaired) electrons. The number of nitrogens with one attached hydrogen (secondary N) is 1.